The number of halogens is 1. The van der Waals surface area contributed by atoms with E-state index in [1.54, 1.807) is 57.2 Å². The van der Waals surface area contributed by atoms with E-state index in [9.17, 15) is 103 Å². The van der Waals surface area contributed by atoms with Gasteiger partial charge in [-0.05, 0) is 130 Å². The van der Waals surface area contributed by atoms with Crippen molar-refractivity contribution in [3.63, 3.8) is 0 Å². The van der Waals surface area contributed by atoms with E-state index in [1.165, 1.54) is 13.0 Å². The van der Waals surface area contributed by atoms with E-state index in [0.717, 1.165) is 0 Å². The molecule has 4 amide bonds. The lowest BCUT2D eigenvalue weighted by Crippen LogP contribution is -2.51. The summed E-state index contributed by atoms with van der Waals surface area (Å²) in [6.45, 7) is 2.44. The highest BCUT2D eigenvalue weighted by molar-refractivity contribution is 14.1. The van der Waals surface area contributed by atoms with Gasteiger partial charge in [0.05, 0.1) is 35.2 Å². The number of rotatable bonds is 49. The number of carbonyl (C=O) groups excluding carboxylic acids is 7. The Bertz CT molecular complexity index is 2980. The third-order valence-electron chi connectivity index (χ3n) is 17.0. The van der Waals surface area contributed by atoms with Crippen molar-refractivity contribution >= 4 is 105 Å². The summed E-state index contributed by atoms with van der Waals surface area (Å²) < 4.78 is 0.475. The van der Waals surface area contributed by atoms with Gasteiger partial charge in [0.25, 0.3) is 0 Å². The summed E-state index contributed by atoms with van der Waals surface area (Å²) in [7, 11) is 0. The SMILES string of the molecule is CC(=O)CN1CCN(CC(=O)O)CCN(CC(=O)O)CCN(C(CCCC(=O)CC(Cc2ccc(O)c(I)c2)C(=O)N[C@H](Cc2ccccc2)C(=O)CC(CCCCCC(=O)CCCCCCC(=O)NCCCC[C@H](NC(=O)N[C@@H](CCC(=O)O)C(=O)O)C(=O)O)C(=O)O)C(=O)O)CC1. The predicted molar refractivity (Wildman–Crippen MR) is 367 cm³/mol. The smallest absolute Gasteiger partial charge is 0.326 e. The molecule has 0 bridgehead atoms. The van der Waals surface area contributed by atoms with E-state index in [1.807, 2.05) is 27.5 Å². The number of ketones is 4. The van der Waals surface area contributed by atoms with Crippen LogP contribution in [0.1, 0.15) is 153 Å². The molecular formula is C68H99IN8O22. The Labute approximate surface area is 589 Å². The minimum Gasteiger partial charge on any atom is -0.507 e. The van der Waals surface area contributed by atoms with Crippen molar-refractivity contribution in [2.45, 2.75) is 179 Å². The first kappa shape index (κ1) is 85.2. The summed E-state index contributed by atoms with van der Waals surface area (Å²) in [5.74, 6) is -12.8. The third-order valence-corrected chi connectivity index (χ3v) is 17.9. The molecule has 0 saturated carbocycles. The number of carboxylic acid groups (broad SMARTS) is 7. The number of carbonyl (C=O) groups is 14. The standard InChI is InChI=1S/C68H99IN8O22/c1-45(78)42-74-29-30-75(43-61(86)87)31-32-76(44-62(88)89)34-36-77(35-33-74)56(67(97)98)22-14-20-51(80)40-49(37-47-24-26-57(81)52(69)38-47)63(90)71-55(39-46-15-6-4-7-16-46)58(82)41-48(64(91)92)17-8-5-10-19-50(79)18-9-2-3-11-23-59(83)70-28-13-12-21-53(65(93)94)72-68(99)73-54(66(95)96)25-27-60(84)85/h4,6-7,15-16,24,26,38,48-49,53-56,81H,2-3,5,8-14,17-23,25,27-37,39-44H2,1H3,(H,70,83)(H,71,90)(H,84,85)(H,86,87)(H,88,89)(H,91,92)(H,93,94)(H,95,96)(H,97,98)(H2,72,73,99)/t48?,49?,53-,54-,55+,56?/m0/s1. The molecule has 1 saturated heterocycles. The quantitative estimate of drug-likeness (QED) is 0.0324. The molecule has 1 heterocycles. The summed E-state index contributed by atoms with van der Waals surface area (Å²) in [6, 6.07) is 7.15. The summed E-state index contributed by atoms with van der Waals surface area (Å²) >= 11 is 1.93. The second-order valence-electron chi connectivity index (χ2n) is 25.2. The summed E-state index contributed by atoms with van der Waals surface area (Å²) in [5, 5.41) is 87.9. The summed E-state index contributed by atoms with van der Waals surface area (Å²) in [5.41, 5.74) is 1.26. The normalized spacial score (nSPS) is 15.4. The predicted octanol–water partition coefficient (Wildman–Crippen LogP) is 4.32. The molecule has 30 nitrogen and oxygen atoms in total. The average molecular weight is 1510 g/mol. The molecule has 0 aliphatic carbocycles. The molecule has 1 fully saturated rings. The number of hydrogen-bond acceptors (Lipinski definition) is 19. The maximum absolute atomic E-state index is 14.6. The summed E-state index contributed by atoms with van der Waals surface area (Å²) in [6.07, 6.45) is 3.79. The average Bonchev–Trinajstić information content (AvgIpc) is 0.863. The van der Waals surface area contributed by atoms with E-state index in [0.29, 0.717) is 78.9 Å². The van der Waals surface area contributed by atoms with Gasteiger partial charge in [0.2, 0.25) is 11.8 Å². The monoisotopic (exact) mass is 1510 g/mol. The van der Waals surface area contributed by atoms with Crippen molar-refractivity contribution < 1.29 is 108 Å². The third kappa shape index (κ3) is 37.1. The maximum Gasteiger partial charge on any atom is 0.326 e. The van der Waals surface area contributed by atoms with Gasteiger partial charge < -0.3 is 62.1 Å². The second-order valence-corrected chi connectivity index (χ2v) is 26.4. The second kappa shape index (κ2) is 47.1. The lowest BCUT2D eigenvalue weighted by Gasteiger charge is -2.35. The van der Waals surface area contributed by atoms with Crippen LogP contribution < -0.4 is 21.3 Å². The number of aliphatic carboxylic acids is 7. The Morgan fingerprint density at radius 3 is 1.54 bits per heavy atom. The van der Waals surface area contributed by atoms with Gasteiger partial charge in [-0.1, -0.05) is 62.1 Å². The highest BCUT2D eigenvalue weighted by Crippen LogP contribution is 2.25. The minimum absolute atomic E-state index is 0.00114. The van der Waals surface area contributed by atoms with Crippen LogP contribution in [0.15, 0.2) is 48.5 Å². The number of Topliss-reactive ketones (excluding diaryl/α,β-unsaturated/α-hetero) is 4. The van der Waals surface area contributed by atoms with Gasteiger partial charge in [0, 0.05) is 110 Å². The van der Waals surface area contributed by atoms with Crippen LogP contribution in [-0.2, 0) is 75.2 Å². The van der Waals surface area contributed by atoms with Gasteiger partial charge in [-0.2, -0.15) is 0 Å². The van der Waals surface area contributed by atoms with Crippen LogP contribution in [-0.4, -0.2) is 246 Å². The van der Waals surface area contributed by atoms with Gasteiger partial charge in [-0.3, -0.25) is 72.3 Å². The Balaban J connectivity index is 1.56. The van der Waals surface area contributed by atoms with Crippen LogP contribution in [0.5, 0.6) is 5.75 Å². The highest BCUT2D eigenvalue weighted by Gasteiger charge is 2.33. The van der Waals surface area contributed by atoms with Crippen molar-refractivity contribution in [3.05, 3.63) is 63.2 Å². The largest absolute Gasteiger partial charge is 0.507 e. The van der Waals surface area contributed by atoms with Gasteiger partial charge in [-0.15, -0.1) is 0 Å². The van der Waals surface area contributed by atoms with Crippen LogP contribution in [0.25, 0.3) is 0 Å². The van der Waals surface area contributed by atoms with E-state index in [4.69, 9.17) is 5.11 Å². The Morgan fingerprint density at radius 1 is 0.465 bits per heavy atom. The molecule has 6 atom stereocenters. The number of aromatic hydroxyl groups is 1. The molecule has 3 unspecified atom stereocenters. The lowest BCUT2D eigenvalue weighted by atomic mass is 9.89. The number of phenolic OH excluding ortho intramolecular Hbond substituents is 1. The van der Waals surface area contributed by atoms with Crippen LogP contribution in [0.4, 0.5) is 4.79 Å². The molecule has 1 aliphatic heterocycles. The lowest BCUT2D eigenvalue weighted by molar-refractivity contribution is -0.145. The molecule has 550 valence electrons. The molecule has 2 aromatic rings. The molecule has 0 aromatic heterocycles. The van der Waals surface area contributed by atoms with Crippen molar-refractivity contribution in [2.24, 2.45) is 11.8 Å². The minimum atomic E-state index is -1.53. The Morgan fingerprint density at radius 2 is 1.00 bits per heavy atom. The molecular weight excluding hydrogens is 1410 g/mol. The summed E-state index contributed by atoms with van der Waals surface area (Å²) in [4.78, 5) is 183. The molecule has 0 spiro atoms. The molecule has 1 aliphatic rings. The van der Waals surface area contributed by atoms with Crippen LogP contribution in [0, 0.1) is 15.4 Å². The number of phenols is 1. The maximum atomic E-state index is 14.6. The molecule has 3 rings (SSSR count). The van der Waals surface area contributed by atoms with E-state index in [2.05, 4.69) is 21.3 Å². The highest BCUT2D eigenvalue weighted by atomic mass is 127. The van der Waals surface area contributed by atoms with Crippen molar-refractivity contribution in [1.82, 2.24) is 40.9 Å². The van der Waals surface area contributed by atoms with Gasteiger partial charge in [0.1, 0.15) is 41.2 Å². The molecule has 12 N–H and O–H groups in total. The first-order chi connectivity index (χ1) is 47.0. The number of benzene rings is 2. The number of hydrogen-bond donors (Lipinski definition) is 12. The Hall–Kier alpha value is -8.01. The number of urea groups is 1. The fourth-order valence-electron chi connectivity index (χ4n) is 11.6. The van der Waals surface area contributed by atoms with Crippen molar-refractivity contribution in [1.29, 1.82) is 0 Å². The fraction of sp³-hybridized carbons (Fsp3) is 0.618. The van der Waals surface area contributed by atoms with Crippen LogP contribution >= 0.6 is 22.6 Å². The zero-order valence-electron chi connectivity index (χ0n) is 56.3. The van der Waals surface area contributed by atoms with Crippen LogP contribution in [0.2, 0.25) is 0 Å². The number of unbranched alkanes of at least 4 members (excludes halogenated alkanes) is 6. The number of nitrogens with one attached hydrogen (secondary N) is 4. The number of carboxylic acids is 7. The van der Waals surface area contributed by atoms with E-state index >= 15 is 0 Å². The van der Waals surface area contributed by atoms with E-state index in [-0.39, 0.29) is 172 Å². The molecule has 31 heteroatoms. The number of amides is 4. The number of nitrogens with zero attached hydrogens (tertiary/aromatic N) is 4. The van der Waals surface area contributed by atoms with Gasteiger partial charge in [0.15, 0.2) is 5.78 Å². The zero-order chi connectivity index (χ0) is 73.4. The molecule has 0 radical (unpaired) electrons. The first-order valence-electron chi connectivity index (χ1n) is 33.7. The van der Waals surface area contributed by atoms with E-state index < -0.39 is 115 Å². The Kier molecular flexibility index (Phi) is 40.6. The topological polar surface area (TPSA) is 462 Å². The molecule has 99 heavy (non-hydrogen) atoms. The van der Waals surface area contributed by atoms with Crippen molar-refractivity contribution in [3.8, 4) is 5.75 Å². The zero-order valence-corrected chi connectivity index (χ0v) is 58.4. The first-order valence-corrected chi connectivity index (χ1v) is 34.8. The van der Waals surface area contributed by atoms with Gasteiger partial charge >= 0.3 is 47.8 Å². The van der Waals surface area contributed by atoms with Gasteiger partial charge in [-0.25, -0.2) is 14.4 Å². The fourth-order valence-corrected chi connectivity index (χ4v) is 12.2. The van der Waals surface area contributed by atoms with Crippen molar-refractivity contribution in [2.75, 3.05) is 78.5 Å². The molecule has 2 aromatic carbocycles. The van der Waals surface area contributed by atoms with Crippen LogP contribution in [0.3, 0.4) is 0 Å².